The van der Waals surface area contributed by atoms with Gasteiger partial charge in [-0.15, -0.1) is 0 Å². The number of anilines is 1. The molecule has 120 valence electrons. The molecule has 0 radical (unpaired) electrons. The third-order valence-corrected chi connectivity index (χ3v) is 5.52. The number of alkyl halides is 1. The number of carbonyl (C=O) groups excluding carboxylic acids is 1. The van der Waals surface area contributed by atoms with E-state index in [2.05, 4.69) is 10.3 Å². The highest BCUT2D eigenvalue weighted by atomic mass is 32.2. The van der Waals surface area contributed by atoms with Crippen molar-refractivity contribution in [1.82, 2.24) is 0 Å². The van der Waals surface area contributed by atoms with Gasteiger partial charge in [-0.2, -0.15) is 0 Å². The highest BCUT2D eigenvalue weighted by Gasteiger charge is 2.37. The maximum Gasteiger partial charge on any atom is 0.255 e. The van der Waals surface area contributed by atoms with Crippen LogP contribution >= 0.6 is 0 Å². The number of nitrogens with one attached hydrogen (secondary N) is 1. The molecule has 1 aliphatic heterocycles. The predicted octanol–water partition coefficient (Wildman–Crippen LogP) is 1.67. The molecular weight excluding hydrogens is 312 g/mol. The molecule has 8 heteroatoms. The first-order valence-electron chi connectivity index (χ1n) is 6.63. The highest BCUT2D eigenvalue weighted by Crippen LogP contribution is 2.31. The SMILES string of the molecule is CC1(C)C(N)=NC(c2cc(NC(=O)CF)ccc2F)CS1=O. The molecule has 0 aliphatic carbocycles. The first kappa shape index (κ1) is 16.5. The van der Waals surface area contributed by atoms with Crippen molar-refractivity contribution in [2.24, 2.45) is 10.7 Å². The van der Waals surface area contributed by atoms with Gasteiger partial charge in [0.1, 0.15) is 11.7 Å². The summed E-state index contributed by atoms with van der Waals surface area (Å²) < 4.78 is 37.7. The van der Waals surface area contributed by atoms with Crippen molar-refractivity contribution in [3.8, 4) is 0 Å². The number of aliphatic imine (C=N–C) groups is 1. The molecule has 1 heterocycles. The van der Waals surface area contributed by atoms with Gasteiger partial charge in [0.15, 0.2) is 6.67 Å². The number of amidine groups is 1. The summed E-state index contributed by atoms with van der Waals surface area (Å²) in [6, 6.07) is 3.14. The normalized spacial score (nSPS) is 23.7. The van der Waals surface area contributed by atoms with Crippen molar-refractivity contribution in [1.29, 1.82) is 0 Å². The Morgan fingerprint density at radius 2 is 2.23 bits per heavy atom. The number of halogens is 2. The van der Waals surface area contributed by atoms with E-state index in [9.17, 15) is 17.8 Å². The Morgan fingerprint density at radius 3 is 2.82 bits per heavy atom. The van der Waals surface area contributed by atoms with E-state index in [0.717, 1.165) is 6.07 Å². The fraction of sp³-hybridized carbons (Fsp3) is 0.429. The van der Waals surface area contributed by atoms with Crippen molar-refractivity contribution < 1.29 is 17.8 Å². The van der Waals surface area contributed by atoms with Gasteiger partial charge in [0, 0.05) is 22.1 Å². The van der Waals surface area contributed by atoms with Crippen LogP contribution in [0.4, 0.5) is 14.5 Å². The van der Waals surface area contributed by atoms with Gasteiger partial charge in [0.05, 0.1) is 16.5 Å². The quantitative estimate of drug-likeness (QED) is 0.885. The number of rotatable bonds is 3. The number of hydrogen-bond donors (Lipinski definition) is 2. The Hall–Kier alpha value is -1.83. The van der Waals surface area contributed by atoms with Gasteiger partial charge in [0.25, 0.3) is 5.91 Å². The Labute approximate surface area is 129 Å². The van der Waals surface area contributed by atoms with Gasteiger partial charge >= 0.3 is 0 Å². The van der Waals surface area contributed by atoms with Crippen LogP contribution in [-0.4, -0.2) is 33.1 Å². The van der Waals surface area contributed by atoms with Crippen LogP contribution in [0.3, 0.4) is 0 Å². The van der Waals surface area contributed by atoms with E-state index in [1.807, 2.05) is 0 Å². The molecule has 3 N–H and O–H groups in total. The van der Waals surface area contributed by atoms with Crippen molar-refractivity contribution >= 4 is 28.2 Å². The second-order valence-electron chi connectivity index (χ2n) is 5.47. The molecule has 0 fully saturated rings. The van der Waals surface area contributed by atoms with Crippen LogP contribution in [0.2, 0.25) is 0 Å². The zero-order valence-corrected chi connectivity index (χ0v) is 13.0. The largest absolute Gasteiger partial charge is 0.386 e. The van der Waals surface area contributed by atoms with Crippen LogP contribution in [0.15, 0.2) is 23.2 Å². The number of benzene rings is 1. The lowest BCUT2D eigenvalue weighted by Crippen LogP contribution is -2.47. The number of amides is 1. The minimum Gasteiger partial charge on any atom is -0.386 e. The molecule has 1 aromatic carbocycles. The van der Waals surface area contributed by atoms with E-state index in [-0.39, 0.29) is 22.8 Å². The zero-order valence-electron chi connectivity index (χ0n) is 12.2. The Balaban J connectivity index is 2.36. The minimum atomic E-state index is -1.31. The van der Waals surface area contributed by atoms with Gasteiger partial charge < -0.3 is 11.1 Å². The smallest absolute Gasteiger partial charge is 0.255 e. The highest BCUT2D eigenvalue weighted by molar-refractivity contribution is 7.87. The van der Waals surface area contributed by atoms with E-state index in [0.29, 0.717) is 0 Å². The molecule has 5 nitrogen and oxygen atoms in total. The number of carbonyl (C=O) groups is 1. The standard InChI is InChI=1S/C14H17F2N3O2S/c1-14(2)13(17)19-11(7-22(14)21)9-5-8(3-4-10(9)16)18-12(20)6-15/h3-5,11H,6-7H2,1-2H3,(H2,17,19)(H,18,20). The van der Waals surface area contributed by atoms with Gasteiger partial charge in [-0.05, 0) is 32.0 Å². The van der Waals surface area contributed by atoms with Crippen LogP contribution in [-0.2, 0) is 15.6 Å². The fourth-order valence-corrected chi connectivity index (χ4v) is 3.30. The summed E-state index contributed by atoms with van der Waals surface area (Å²) in [5, 5.41) is 2.30. The van der Waals surface area contributed by atoms with Gasteiger partial charge in [-0.1, -0.05) is 0 Å². The third kappa shape index (κ3) is 3.16. The first-order chi connectivity index (χ1) is 10.3. The molecule has 0 saturated heterocycles. The summed E-state index contributed by atoms with van der Waals surface area (Å²) in [5.74, 6) is -1.05. The fourth-order valence-electron chi connectivity index (χ4n) is 2.06. The molecule has 1 amide bonds. The van der Waals surface area contributed by atoms with Gasteiger partial charge in [0.2, 0.25) is 0 Å². The lowest BCUT2D eigenvalue weighted by molar-refractivity contribution is -0.117. The maximum atomic E-state index is 14.0. The molecule has 1 aliphatic rings. The summed E-state index contributed by atoms with van der Waals surface area (Å²) in [6.45, 7) is 2.26. The molecule has 0 bridgehead atoms. The minimum absolute atomic E-state index is 0.130. The van der Waals surface area contributed by atoms with Crippen LogP contribution in [0, 0.1) is 5.82 Å². The Kier molecular flexibility index (Phi) is 4.60. The molecule has 0 spiro atoms. The topological polar surface area (TPSA) is 84.5 Å². The average Bonchev–Trinajstić information content (AvgIpc) is 2.46. The average molecular weight is 329 g/mol. The van der Waals surface area contributed by atoms with Crippen LogP contribution in [0.25, 0.3) is 0 Å². The summed E-state index contributed by atoms with van der Waals surface area (Å²) >= 11 is 0. The summed E-state index contributed by atoms with van der Waals surface area (Å²) in [7, 11) is -1.31. The van der Waals surface area contributed by atoms with Gasteiger partial charge in [-0.25, -0.2) is 8.78 Å². The van der Waals surface area contributed by atoms with E-state index in [4.69, 9.17) is 5.73 Å². The molecule has 1 aromatic rings. The summed E-state index contributed by atoms with van der Waals surface area (Å²) in [4.78, 5) is 15.3. The molecule has 0 saturated carbocycles. The lowest BCUT2D eigenvalue weighted by atomic mass is 10.1. The van der Waals surface area contributed by atoms with E-state index < -0.39 is 40.0 Å². The number of hydrogen-bond acceptors (Lipinski definition) is 4. The van der Waals surface area contributed by atoms with E-state index in [1.165, 1.54) is 12.1 Å². The summed E-state index contributed by atoms with van der Waals surface area (Å²) in [5.41, 5.74) is 6.26. The predicted molar refractivity (Wildman–Crippen MR) is 82.5 cm³/mol. The monoisotopic (exact) mass is 329 g/mol. The molecular formula is C14H17F2N3O2S. The second kappa shape index (κ2) is 6.12. The van der Waals surface area contributed by atoms with E-state index >= 15 is 0 Å². The number of nitrogens with zero attached hydrogens (tertiary/aromatic N) is 1. The van der Waals surface area contributed by atoms with E-state index in [1.54, 1.807) is 13.8 Å². The second-order valence-corrected chi connectivity index (χ2v) is 7.52. The zero-order chi connectivity index (χ0) is 16.5. The number of nitrogens with two attached hydrogens (primary N) is 1. The molecule has 2 rings (SSSR count). The Morgan fingerprint density at radius 1 is 1.55 bits per heavy atom. The molecule has 2 unspecified atom stereocenters. The molecule has 22 heavy (non-hydrogen) atoms. The van der Waals surface area contributed by atoms with Gasteiger partial charge in [-0.3, -0.25) is 14.0 Å². The van der Waals surface area contributed by atoms with Crippen molar-refractivity contribution in [3.05, 3.63) is 29.6 Å². The van der Waals surface area contributed by atoms with Crippen molar-refractivity contribution in [2.75, 3.05) is 17.7 Å². The first-order valence-corrected chi connectivity index (χ1v) is 7.95. The van der Waals surface area contributed by atoms with Crippen molar-refractivity contribution in [2.45, 2.75) is 24.6 Å². The van der Waals surface area contributed by atoms with Crippen molar-refractivity contribution in [3.63, 3.8) is 0 Å². The van der Waals surface area contributed by atoms with Crippen LogP contribution < -0.4 is 11.1 Å². The maximum absolute atomic E-state index is 14.0. The lowest BCUT2D eigenvalue weighted by Gasteiger charge is -2.31. The summed E-state index contributed by atoms with van der Waals surface area (Å²) in [6.07, 6.45) is 0. The van der Waals surface area contributed by atoms with Crippen LogP contribution in [0.5, 0.6) is 0 Å². The molecule has 2 atom stereocenters. The van der Waals surface area contributed by atoms with Crippen LogP contribution in [0.1, 0.15) is 25.5 Å². The third-order valence-electron chi connectivity index (χ3n) is 3.55. The molecule has 0 aromatic heterocycles. The Bertz CT molecular complexity index is 661.